The van der Waals surface area contributed by atoms with Crippen molar-refractivity contribution in [3.63, 3.8) is 0 Å². The summed E-state index contributed by atoms with van der Waals surface area (Å²) in [5, 5.41) is 0.635. The first kappa shape index (κ1) is 22.1. The molecule has 1 saturated heterocycles. The summed E-state index contributed by atoms with van der Waals surface area (Å²) in [7, 11) is 4.82. The van der Waals surface area contributed by atoms with Gasteiger partial charge in [-0.2, -0.15) is 0 Å². The predicted molar refractivity (Wildman–Crippen MR) is 115 cm³/mol. The van der Waals surface area contributed by atoms with Gasteiger partial charge < -0.3 is 23.8 Å². The monoisotopic (exact) mass is 434 g/mol. The molecule has 7 nitrogen and oxygen atoms in total. The lowest BCUT2D eigenvalue weighted by Gasteiger charge is -2.35. The van der Waals surface area contributed by atoms with Crippen molar-refractivity contribution in [2.24, 2.45) is 0 Å². The second-order valence-corrected chi connectivity index (χ2v) is 7.33. The first-order valence-corrected chi connectivity index (χ1v) is 10.1. The first-order chi connectivity index (χ1) is 14.5. The van der Waals surface area contributed by atoms with Crippen LogP contribution in [-0.4, -0.2) is 69.8 Å². The molecule has 8 heteroatoms. The zero-order chi connectivity index (χ0) is 21.5. The predicted octanol–water partition coefficient (Wildman–Crippen LogP) is 3.09. The fourth-order valence-electron chi connectivity index (χ4n) is 3.45. The van der Waals surface area contributed by atoms with Gasteiger partial charge in [0.05, 0.1) is 21.3 Å². The minimum Gasteiger partial charge on any atom is -0.493 e. The Labute approximate surface area is 182 Å². The Hall–Kier alpha value is -2.64. The van der Waals surface area contributed by atoms with Crippen molar-refractivity contribution >= 4 is 17.5 Å². The highest BCUT2D eigenvalue weighted by Gasteiger charge is 2.23. The maximum atomic E-state index is 12.5. The van der Waals surface area contributed by atoms with Gasteiger partial charge in [0.1, 0.15) is 5.75 Å². The standard InChI is InChI=1S/C22H27ClN2O5/c1-27-19-9-4-16(21(28-2)22(19)29-3)14-24-10-12-25(13-11-24)20(26)15-30-18-7-5-17(23)6-8-18/h4-9H,10-15H2,1-3H3. The number of carbonyl (C=O) groups is 1. The fraction of sp³-hybridized carbons (Fsp3) is 0.409. The minimum atomic E-state index is -0.0201. The fourth-order valence-corrected chi connectivity index (χ4v) is 3.58. The lowest BCUT2D eigenvalue weighted by Crippen LogP contribution is -2.49. The van der Waals surface area contributed by atoms with E-state index in [1.165, 1.54) is 0 Å². The number of nitrogens with zero attached hydrogens (tertiary/aromatic N) is 2. The van der Waals surface area contributed by atoms with Gasteiger partial charge in [-0.1, -0.05) is 17.7 Å². The molecule has 3 rings (SSSR count). The van der Waals surface area contributed by atoms with Crippen molar-refractivity contribution in [1.29, 1.82) is 0 Å². The van der Waals surface area contributed by atoms with E-state index < -0.39 is 0 Å². The molecule has 0 spiro atoms. The number of hydrogen-bond acceptors (Lipinski definition) is 6. The summed E-state index contributed by atoms with van der Waals surface area (Å²) in [6.45, 7) is 3.56. The van der Waals surface area contributed by atoms with Crippen molar-refractivity contribution in [3.8, 4) is 23.0 Å². The van der Waals surface area contributed by atoms with E-state index in [4.69, 9.17) is 30.5 Å². The number of rotatable bonds is 8. The zero-order valence-electron chi connectivity index (χ0n) is 17.5. The number of piperazine rings is 1. The Morgan fingerprint density at radius 1 is 0.900 bits per heavy atom. The Balaban J connectivity index is 1.53. The van der Waals surface area contributed by atoms with E-state index in [2.05, 4.69) is 4.90 Å². The van der Waals surface area contributed by atoms with Crippen molar-refractivity contribution in [2.45, 2.75) is 6.54 Å². The van der Waals surface area contributed by atoms with E-state index in [0.717, 1.165) is 18.7 Å². The lowest BCUT2D eigenvalue weighted by atomic mass is 10.1. The normalized spacial score (nSPS) is 14.3. The van der Waals surface area contributed by atoms with Crippen LogP contribution in [0.1, 0.15) is 5.56 Å². The van der Waals surface area contributed by atoms with Gasteiger partial charge in [-0.15, -0.1) is 0 Å². The second-order valence-electron chi connectivity index (χ2n) is 6.89. The van der Waals surface area contributed by atoms with Crippen molar-refractivity contribution in [1.82, 2.24) is 9.80 Å². The Kier molecular flexibility index (Phi) is 7.65. The van der Waals surface area contributed by atoms with Gasteiger partial charge in [0.25, 0.3) is 5.91 Å². The second kappa shape index (κ2) is 10.4. The molecule has 30 heavy (non-hydrogen) atoms. The third-order valence-electron chi connectivity index (χ3n) is 5.08. The Bertz CT molecular complexity index is 851. The first-order valence-electron chi connectivity index (χ1n) is 9.72. The molecule has 162 valence electrons. The molecule has 0 atom stereocenters. The number of carbonyl (C=O) groups excluding carboxylic acids is 1. The van der Waals surface area contributed by atoms with Gasteiger partial charge in [0, 0.05) is 43.3 Å². The highest BCUT2D eigenvalue weighted by Crippen LogP contribution is 2.40. The maximum Gasteiger partial charge on any atom is 0.260 e. The molecule has 1 aliphatic rings. The molecule has 2 aromatic carbocycles. The van der Waals surface area contributed by atoms with Crippen molar-refractivity contribution in [2.75, 3.05) is 54.1 Å². The van der Waals surface area contributed by atoms with Crippen LogP contribution in [0, 0.1) is 0 Å². The minimum absolute atomic E-state index is 0.0190. The molecular weight excluding hydrogens is 408 g/mol. The molecule has 1 heterocycles. The Morgan fingerprint density at radius 2 is 1.57 bits per heavy atom. The molecule has 0 unspecified atom stereocenters. The molecule has 0 N–H and O–H groups in total. The Morgan fingerprint density at radius 3 is 2.17 bits per heavy atom. The molecule has 0 aromatic heterocycles. The molecule has 2 aromatic rings. The molecule has 0 radical (unpaired) electrons. The van der Waals surface area contributed by atoms with Crippen molar-refractivity contribution < 1.29 is 23.7 Å². The highest BCUT2D eigenvalue weighted by molar-refractivity contribution is 6.30. The summed E-state index contributed by atoms with van der Waals surface area (Å²) in [4.78, 5) is 16.6. The van der Waals surface area contributed by atoms with E-state index in [0.29, 0.717) is 47.7 Å². The number of benzene rings is 2. The summed E-state index contributed by atoms with van der Waals surface area (Å²) in [5.41, 5.74) is 1.01. The van der Waals surface area contributed by atoms with Crippen LogP contribution in [0.25, 0.3) is 0 Å². The number of hydrogen-bond donors (Lipinski definition) is 0. The van der Waals surface area contributed by atoms with Crippen LogP contribution >= 0.6 is 11.6 Å². The molecule has 0 bridgehead atoms. The lowest BCUT2D eigenvalue weighted by molar-refractivity contribution is -0.135. The smallest absolute Gasteiger partial charge is 0.260 e. The third kappa shape index (κ3) is 5.29. The van der Waals surface area contributed by atoms with E-state index in [1.807, 2.05) is 17.0 Å². The number of halogens is 1. The quantitative estimate of drug-likeness (QED) is 0.636. The number of amides is 1. The van der Waals surface area contributed by atoms with Crippen LogP contribution in [0.15, 0.2) is 36.4 Å². The molecule has 1 amide bonds. The molecule has 0 aliphatic carbocycles. The van der Waals surface area contributed by atoms with Crippen LogP contribution < -0.4 is 18.9 Å². The summed E-state index contributed by atoms with van der Waals surface area (Å²) in [6, 6.07) is 10.8. The van der Waals surface area contributed by atoms with Crippen molar-refractivity contribution in [3.05, 3.63) is 47.0 Å². The van der Waals surface area contributed by atoms with Gasteiger partial charge in [0.15, 0.2) is 18.1 Å². The molecular formula is C22H27ClN2O5. The molecule has 0 saturated carbocycles. The SMILES string of the molecule is COc1ccc(CN2CCN(C(=O)COc3ccc(Cl)cc3)CC2)c(OC)c1OC. The summed E-state index contributed by atoms with van der Waals surface area (Å²) >= 11 is 5.86. The zero-order valence-corrected chi connectivity index (χ0v) is 18.3. The highest BCUT2D eigenvalue weighted by atomic mass is 35.5. The number of ether oxygens (including phenoxy) is 4. The third-order valence-corrected chi connectivity index (χ3v) is 5.33. The van der Waals surface area contributed by atoms with Gasteiger partial charge in [-0.05, 0) is 30.3 Å². The summed E-state index contributed by atoms with van der Waals surface area (Å²) < 4.78 is 21.9. The van der Waals surface area contributed by atoms with Crippen LogP contribution in [0.2, 0.25) is 5.02 Å². The van der Waals surface area contributed by atoms with Gasteiger partial charge in [-0.3, -0.25) is 9.69 Å². The van der Waals surface area contributed by atoms with E-state index >= 15 is 0 Å². The van der Waals surface area contributed by atoms with Crippen LogP contribution in [0.5, 0.6) is 23.0 Å². The van der Waals surface area contributed by atoms with E-state index in [1.54, 1.807) is 45.6 Å². The van der Waals surface area contributed by atoms with Gasteiger partial charge in [-0.25, -0.2) is 0 Å². The molecule has 1 fully saturated rings. The number of methoxy groups -OCH3 is 3. The average Bonchev–Trinajstić information content (AvgIpc) is 2.78. The largest absolute Gasteiger partial charge is 0.493 e. The molecule has 1 aliphatic heterocycles. The van der Waals surface area contributed by atoms with Gasteiger partial charge >= 0.3 is 0 Å². The van der Waals surface area contributed by atoms with E-state index in [-0.39, 0.29) is 12.5 Å². The van der Waals surface area contributed by atoms with E-state index in [9.17, 15) is 4.79 Å². The summed E-state index contributed by atoms with van der Waals surface area (Å²) in [5.74, 6) is 2.51. The average molecular weight is 435 g/mol. The summed E-state index contributed by atoms with van der Waals surface area (Å²) in [6.07, 6.45) is 0. The van der Waals surface area contributed by atoms with Crippen LogP contribution in [0.3, 0.4) is 0 Å². The van der Waals surface area contributed by atoms with Crippen LogP contribution in [0.4, 0.5) is 0 Å². The van der Waals surface area contributed by atoms with Gasteiger partial charge in [0.2, 0.25) is 5.75 Å². The maximum absolute atomic E-state index is 12.5. The topological polar surface area (TPSA) is 60.5 Å². The van der Waals surface area contributed by atoms with Crippen LogP contribution in [-0.2, 0) is 11.3 Å².